The van der Waals surface area contributed by atoms with Gasteiger partial charge in [-0.05, 0) is 17.7 Å². The van der Waals surface area contributed by atoms with Crippen LogP contribution in [-0.4, -0.2) is 33.6 Å². The van der Waals surface area contributed by atoms with Crippen LogP contribution in [0.5, 0.6) is 0 Å². The van der Waals surface area contributed by atoms with Crippen LogP contribution in [0.4, 0.5) is 0 Å². The van der Waals surface area contributed by atoms with Crippen LogP contribution in [0.15, 0.2) is 84.4 Å². The first-order valence-electron chi connectivity index (χ1n) is 10.2. The lowest BCUT2D eigenvalue weighted by atomic mass is 10.0. The molecule has 0 spiro atoms. The summed E-state index contributed by atoms with van der Waals surface area (Å²) in [6, 6.07) is 20.9. The number of aromatic nitrogens is 2. The molecule has 8 heteroatoms. The lowest BCUT2D eigenvalue weighted by Crippen LogP contribution is -2.47. The van der Waals surface area contributed by atoms with Gasteiger partial charge in [-0.2, -0.15) is 0 Å². The maximum absolute atomic E-state index is 13.2. The number of carbonyl (C=O) groups is 3. The van der Waals surface area contributed by atoms with E-state index in [2.05, 4.69) is 15.3 Å². The molecule has 0 saturated heterocycles. The molecular formula is C25H20N4O3S. The van der Waals surface area contributed by atoms with Crippen molar-refractivity contribution in [3.05, 3.63) is 95.5 Å². The van der Waals surface area contributed by atoms with Gasteiger partial charge in [0.2, 0.25) is 5.78 Å². The van der Waals surface area contributed by atoms with Gasteiger partial charge in [-0.15, -0.1) is 11.3 Å². The van der Waals surface area contributed by atoms with Gasteiger partial charge >= 0.3 is 0 Å². The van der Waals surface area contributed by atoms with Gasteiger partial charge in [0.1, 0.15) is 16.7 Å². The average Bonchev–Trinajstić information content (AvgIpc) is 3.34. The topological polar surface area (TPSA) is 115 Å². The van der Waals surface area contributed by atoms with Crippen molar-refractivity contribution in [3.8, 4) is 22.0 Å². The molecule has 4 rings (SSSR count). The molecule has 0 aliphatic heterocycles. The van der Waals surface area contributed by atoms with Gasteiger partial charge in [-0.3, -0.25) is 19.4 Å². The smallest absolute Gasteiger partial charge is 0.287 e. The number of amides is 2. The van der Waals surface area contributed by atoms with Crippen LogP contribution in [0.1, 0.15) is 15.9 Å². The molecule has 0 aliphatic rings. The third-order valence-electron chi connectivity index (χ3n) is 4.98. The molecule has 0 bridgehead atoms. The van der Waals surface area contributed by atoms with E-state index in [0.29, 0.717) is 10.7 Å². The molecule has 164 valence electrons. The Morgan fingerprint density at radius 3 is 2.33 bits per heavy atom. The Labute approximate surface area is 194 Å². The van der Waals surface area contributed by atoms with Gasteiger partial charge in [0.25, 0.3) is 11.8 Å². The number of nitrogens with one attached hydrogen (secondary N) is 1. The highest BCUT2D eigenvalue weighted by Gasteiger charge is 2.27. The number of ketones is 1. The third kappa shape index (κ3) is 5.19. The van der Waals surface area contributed by atoms with Crippen molar-refractivity contribution in [2.24, 2.45) is 5.73 Å². The summed E-state index contributed by atoms with van der Waals surface area (Å²) in [5.74, 6) is -2.50. The second-order valence-electron chi connectivity index (χ2n) is 7.25. The number of carbonyl (C=O) groups excluding carboxylic acids is 3. The number of thiazole rings is 1. The van der Waals surface area contributed by atoms with Gasteiger partial charge in [0.05, 0.1) is 11.3 Å². The zero-order valence-electron chi connectivity index (χ0n) is 17.5. The normalized spacial score (nSPS) is 11.5. The zero-order valence-corrected chi connectivity index (χ0v) is 18.3. The first-order chi connectivity index (χ1) is 16.0. The SMILES string of the molecule is NC(=O)C(=O)C(Cc1ccccc1)NC(=O)c1cccnc1-c1nc(-c2ccccc2)cs1. The molecule has 3 N–H and O–H groups in total. The number of hydrogen-bond acceptors (Lipinski definition) is 6. The number of pyridine rings is 1. The largest absolute Gasteiger partial charge is 0.363 e. The van der Waals surface area contributed by atoms with Gasteiger partial charge in [0.15, 0.2) is 0 Å². The average molecular weight is 457 g/mol. The van der Waals surface area contributed by atoms with Crippen molar-refractivity contribution in [1.82, 2.24) is 15.3 Å². The quantitative estimate of drug-likeness (QED) is 0.395. The Hall–Kier alpha value is -4.17. The maximum Gasteiger partial charge on any atom is 0.287 e. The van der Waals surface area contributed by atoms with E-state index in [1.807, 2.05) is 66.0 Å². The Balaban J connectivity index is 1.61. The minimum absolute atomic E-state index is 0.138. The second kappa shape index (κ2) is 9.97. The summed E-state index contributed by atoms with van der Waals surface area (Å²) in [5, 5.41) is 5.13. The molecule has 7 nitrogen and oxygen atoms in total. The van der Waals surface area contributed by atoms with Gasteiger partial charge in [-0.1, -0.05) is 60.7 Å². The van der Waals surface area contributed by atoms with Crippen LogP contribution in [0.3, 0.4) is 0 Å². The molecule has 2 aromatic heterocycles. The minimum atomic E-state index is -1.10. The molecule has 2 amide bonds. The summed E-state index contributed by atoms with van der Waals surface area (Å²) in [6.07, 6.45) is 1.71. The van der Waals surface area contributed by atoms with Gasteiger partial charge in [0, 0.05) is 23.6 Å². The predicted molar refractivity (Wildman–Crippen MR) is 126 cm³/mol. The molecule has 1 atom stereocenters. The van der Waals surface area contributed by atoms with Crippen molar-refractivity contribution in [1.29, 1.82) is 0 Å². The van der Waals surface area contributed by atoms with Crippen LogP contribution in [0, 0.1) is 0 Å². The summed E-state index contributed by atoms with van der Waals surface area (Å²) in [4.78, 5) is 46.2. The van der Waals surface area contributed by atoms with Crippen LogP contribution in [0.25, 0.3) is 22.0 Å². The second-order valence-corrected chi connectivity index (χ2v) is 8.11. The van der Waals surface area contributed by atoms with Crippen molar-refractivity contribution < 1.29 is 14.4 Å². The Morgan fingerprint density at radius 2 is 1.64 bits per heavy atom. The first kappa shape index (κ1) is 22.0. The minimum Gasteiger partial charge on any atom is -0.363 e. The molecule has 0 fully saturated rings. The lowest BCUT2D eigenvalue weighted by Gasteiger charge is -2.17. The van der Waals surface area contributed by atoms with Gasteiger partial charge in [-0.25, -0.2) is 4.98 Å². The van der Waals surface area contributed by atoms with E-state index in [1.54, 1.807) is 18.3 Å². The molecular weight excluding hydrogens is 436 g/mol. The van der Waals surface area contributed by atoms with Gasteiger partial charge < -0.3 is 11.1 Å². The molecule has 0 aliphatic carbocycles. The Kier molecular flexibility index (Phi) is 6.66. The van der Waals surface area contributed by atoms with Crippen LogP contribution in [-0.2, 0) is 16.0 Å². The number of nitrogens with two attached hydrogens (primary N) is 1. The Bertz CT molecular complexity index is 1290. The summed E-state index contributed by atoms with van der Waals surface area (Å²) >= 11 is 1.37. The summed E-state index contributed by atoms with van der Waals surface area (Å²) < 4.78 is 0. The lowest BCUT2D eigenvalue weighted by molar-refractivity contribution is -0.137. The fourth-order valence-electron chi connectivity index (χ4n) is 3.35. The van der Waals surface area contributed by atoms with Crippen molar-refractivity contribution in [2.45, 2.75) is 12.5 Å². The molecule has 2 aromatic carbocycles. The molecule has 0 saturated carbocycles. The number of hydrogen-bond donors (Lipinski definition) is 2. The van der Waals surface area contributed by atoms with E-state index in [0.717, 1.165) is 16.8 Å². The number of primary amides is 1. The highest BCUT2D eigenvalue weighted by molar-refractivity contribution is 7.13. The summed E-state index contributed by atoms with van der Waals surface area (Å²) in [5.41, 5.74) is 8.39. The first-order valence-corrected chi connectivity index (χ1v) is 11.1. The van der Waals surface area contributed by atoms with Crippen LogP contribution in [0.2, 0.25) is 0 Å². The highest BCUT2D eigenvalue weighted by Crippen LogP contribution is 2.29. The maximum atomic E-state index is 13.2. The van der Waals surface area contributed by atoms with Crippen LogP contribution >= 0.6 is 11.3 Å². The molecule has 4 aromatic rings. The Morgan fingerprint density at radius 1 is 0.939 bits per heavy atom. The predicted octanol–water partition coefficient (Wildman–Crippen LogP) is 3.27. The zero-order chi connectivity index (χ0) is 23.2. The standard InChI is InChI=1S/C25H20N4O3S/c26-23(31)22(30)19(14-16-8-3-1-4-9-16)28-24(32)18-12-7-13-27-21(18)25-29-20(15-33-25)17-10-5-2-6-11-17/h1-13,15,19H,14H2,(H2,26,31)(H,28,32). The highest BCUT2D eigenvalue weighted by atomic mass is 32.1. The van der Waals surface area contributed by atoms with Crippen molar-refractivity contribution in [3.63, 3.8) is 0 Å². The van der Waals surface area contributed by atoms with Crippen LogP contribution < -0.4 is 11.1 Å². The number of benzene rings is 2. The molecule has 2 heterocycles. The van der Waals surface area contributed by atoms with E-state index in [-0.39, 0.29) is 12.0 Å². The number of Topliss-reactive ketones (excluding diaryl/α,β-unsaturated/α-hetero) is 1. The molecule has 33 heavy (non-hydrogen) atoms. The fourth-order valence-corrected chi connectivity index (χ4v) is 4.19. The number of nitrogens with zero attached hydrogens (tertiary/aromatic N) is 2. The molecule has 1 unspecified atom stereocenters. The van der Waals surface area contributed by atoms with E-state index in [9.17, 15) is 14.4 Å². The van der Waals surface area contributed by atoms with Crippen molar-refractivity contribution in [2.75, 3.05) is 0 Å². The van der Waals surface area contributed by atoms with E-state index in [4.69, 9.17) is 5.73 Å². The number of rotatable bonds is 8. The summed E-state index contributed by atoms with van der Waals surface area (Å²) in [6.45, 7) is 0. The third-order valence-corrected chi connectivity index (χ3v) is 5.82. The van der Waals surface area contributed by atoms with Crippen molar-refractivity contribution >= 4 is 28.9 Å². The van der Waals surface area contributed by atoms with E-state index >= 15 is 0 Å². The monoisotopic (exact) mass is 456 g/mol. The molecule has 0 radical (unpaired) electrons. The van der Waals surface area contributed by atoms with E-state index in [1.165, 1.54) is 11.3 Å². The fraction of sp³-hybridized carbons (Fsp3) is 0.0800. The van der Waals surface area contributed by atoms with E-state index < -0.39 is 23.6 Å². The summed E-state index contributed by atoms with van der Waals surface area (Å²) in [7, 11) is 0.